The molecule has 0 unspecified atom stereocenters. The van der Waals surface area contributed by atoms with Gasteiger partial charge in [0.05, 0.1) is 18.6 Å². The Hall–Kier alpha value is -2.44. The molecule has 0 radical (unpaired) electrons. The van der Waals surface area contributed by atoms with Crippen molar-refractivity contribution in [2.45, 2.75) is 25.3 Å². The fraction of sp³-hybridized carbons (Fsp3) is 0.500. The van der Waals surface area contributed by atoms with E-state index >= 15 is 0 Å². The summed E-state index contributed by atoms with van der Waals surface area (Å²) in [4.78, 5) is 20.7. The number of hydrogen-bond acceptors (Lipinski definition) is 4. The molecule has 0 aromatic heterocycles. The van der Waals surface area contributed by atoms with Crippen molar-refractivity contribution in [3.05, 3.63) is 65.5 Å². The third kappa shape index (κ3) is 4.81. The first kappa shape index (κ1) is 22.7. The SMILES string of the molecule is COc1ccc([C@H]2CN(C(=O)C3(Cc4ccc(F)cc4)CCN(C)CC3)CCN2C)cc1. The number of likely N-dealkylation sites (N-methyl/N-ethyl adjacent to an activating group) is 1. The second-order valence-corrected chi connectivity index (χ2v) is 9.41. The highest BCUT2D eigenvalue weighted by molar-refractivity contribution is 5.83. The Morgan fingerprint density at radius 1 is 1.00 bits per heavy atom. The minimum absolute atomic E-state index is 0.160. The molecule has 2 aromatic carbocycles. The highest BCUT2D eigenvalue weighted by Crippen LogP contribution is 2.38. The Labute approximate surface area is 190 Å². The van der Waals surface area contributed by atoms with Crippen LogP contribution in [0, 0.1) is 11.2 Å². The molecule has 2 aliphatic rings. The molecule has 0 saturated carbocycles. The van der Waals surface area contributed by atoms with E-state index in [1.807, 2.05) is 24.3 Å². The maximum Gasteiger partial charge on any atom is 0.229 e. The number of piperazine rings is 1. The van der Waals surface area contributed by atoms with Gasteiger partial charge in [-0.15, -0.1) is 0 Å². The summed E-state index contributed by atoms with van der Waals surface area (Å²) in [6.45, 7) is 4.08. The number of rotatable bonds is 5. The number of hydrogen-bond donors (Lipinski definition) is 0. The topological polar surface area (TPSA) is 36.0 Å². The number of amides is 1. The van der Waals surface area contributed by atoms with E-state index in [2.05, 4.69) is 40.9 Å². The summed E-state index contributed by atoms with van der Waals surface area (Å²) in [5.74, 6) is 0.852. The fourth-order valence-electron chi connectivity index (χ4n) is 5.09. The van der Waals surface area contributed by atoms with E-state index in [0.29, 0.717) is 13.0 Å². The smallest absolute Gasteiger partial charge is 0.229 e. The molecule has 0 N–H and O–H groups in total. The van der Waals surface area contributed by atoms with Gasteiger partial charge in [0.25, 0.3) is 0 Å². The molecule has 2 heterocycles. The van der Waals surface area contributed by atoms with Gasteiger partial charge in [-0.1, -0.05) is 24.3 Å². The molecule has 0 aliphatic carbocycles. The van der Waals surface area contributed by atoms with E-state index in [4.69, 9.17) is 4.74 Å². The molecule has 5 nitrogen and oxygen atoms in total. The lowest BCUT2D eigenvalue weighted by molar-refractivity contribution is -0.148. The first-order chi connectivity index (χ1) is 15.4. The summed E-state index contributed by atoms with van der Waals surface area (Å²) >= 11 is 0. The van der Waals surface area contributed by atoms with Crippen LogP contribution in [0.1, 0.15) is 30.0 Å². The minimum Gasteiger partial charge on any atom is -0.497 e. The van der Waals surface area contributed by atoms with Crippen molar-refractivity contribution in [2.75, 3.05) is 53.9 Å². The quantitative estimate of drug-likeness (QED) is 0.713. The van der Waals surface area contributed by atoms with Crippen LogP contribution in [-0.4, -0.2) is 74.5 Å². The Morgan fingerprint density at radius 2 is 1.66 bits per heavy atom. The Balaban J connectivity index is 1.56. The van der Waals surface area contributed by atoms with Crippen LogP contribution in [0.5, 0.6) is 5.75 Å². The molecular formula is C26H34FN3O2. The molecule has 4 rings (SSSR count). The van der Waals surface area contributed by atoms with Crippen LogP contribution in [0.3, 0.4) is 0 Å². The van der Waals surface area contributed by atoms with Crippen molar-refractivity contribution in [1.82, 2.24) is 14.7 Å². The number of benzene rings is 2. The van der Waals surface area contributed by atoms with Gasteiger partial charge in [0, 0.05) is 19.6 Å². The largest absolute Gasteiger partial charge is 0.497 e. The van der Waals surface area contributed by atoms with Gasteiger partial charge in [-0.25, -0.2) is 4.39 Å². The maximum absolute atomic E-state index is 14.0. The number of likely N-dealkylation sites (tertiary alicyclic amines) is 1. The fourth-order valence-corrected chi connectivity index (χ4v) is 5.09. The van der Waals surface area contributed by atoms with Gasteiger partial charge in [-0.2, -0.15) is 0 Å². The first-order valence-electron chi connectivity index (χ1n) is 11.5. The van der Waals surface area contributed by atoms with Gasteiger partial charge in [0.1, 0.15) is 11.6 Å². The third-order valence-corrected chi connectivity index (χ3v) is 7.29. The molecule has 2 aromatic rings. The lowest BCUT2D eigenvalue weighted by atomic mass is 9.72. The van der Waals surface area contributed by atoms with Crippen molar-refractivity contribution < 1.29 is 13.9 Å². The number of carbonyl (C=O) groups is 1. The van der Waals surface area contributed by atoms with Crippen molar-refractivity contribution in [1.29, 1.82) is 0 Å². The zero-order valence-corrected chi connectivity index (χ0v) is 19.4. The molecule has 2 saturated heterocycles. The molecule has 32 heavy (non-hydrogen) atoms. The number of ether oxygens (including phenoxy) is 1. The Morgan fingerprint density at radius 3 is 2.28 bits per heavy atom. The molecule has 1 amide bonds. The van der Waals surface area contributed by atoms with E-state index < -0.39 is 5.41 Å². The standard InChI is InChI=1S/C26H34FN3O2/c1-28-14-12-26(13-15-28,18-20-4-8-22(27)9-5-20)25(31)30-17-16-29(2)24(19-30)21-6-10-23(32-3)11-7-21/h4-11,24H,12-19H2,1-3H3/t24-/m1/s1. The number of nitrogens with zero attached hydrogens (tertiary/aromatic N) is 3. The summed E-state index contributed by atoms with van der Waals surface area (Å²) < 4.78 is 18.8. The van der Waals surface area contributed by atoms with Crippen LogP contribution in [0.25, 0.3) is 0 Å². The van der Waals surface area contributed by atoms with Crippen LogP contribution in [0.4, 0.5) is 4.39 Å². The Kier molecular flexibility index (Phi) is 6.82. The second kappa shape index (κ2) is 9.59. The van der Waals surface area contributed by atoms with Gasteiger partial charge in [-0.3, -0.25) is 9.69 Å². The van der Waals surface area contributed by atoms with E-state index in [1.54, 1.807) is 7.11 Å². The number of carbonyl (C=O) groups excluding carboxylic acids is 1. The van der Waals surface area contributed by atoms with Crippen LogP contribution >= 0.6 is 0 Å². The summed E-state index contributed by atoms with van der Waals surface area (Å²) in [5, 5.41) is 0. The molecular weight excluding hydrogens is 405 g/mol. The van der Waals surface area contributed by atoms with E-state index in [9.17, 15) is 9.18 Å². The summed E-state index contributed by atoms with van der Waals surface area (Å²) in [6.07, 6.45) is 2.33. The van der Waals surface area contributed by atoms with Crippen LogP contribution in [-0.2, 0) is 11.2 Å². The van der Waals surface area contributed by atoms with Gasteiger partial charge in [-0.05, 0) is 81.8 Å². The molecule has 0 spiro atoms. The lowest BCUT2D eigenvalue weighted by Crippen LogP contribution is -2.56. The van der Waals surface area contributed by atoms with Crippen LogP contribution in [0.2, 0.25) is 0 Å². The summed E-state index contributed by atoms with van der Waals surface area (Å²) in [5.41, 5.74) is 1.80. The minimum atomic E-state index is -0.426. The lowest BCUT2D eigenvalue weighted by Gasteiger charge is -2.46. The number of halogens is 1. The molecule has 1 atom stereocenters. The molecule has 2 aliphatic heterocycles. The monoisotopic (exact) mass is 439 g/mol. The van der Waals surface area contributed by atoms with E-state index in [-0.39, 0.29) is 17.8 Å². The number of piperidine rings is 1. The normalized spacial score (nSPS) is 22.0. The average Bonchev–Trinajstić information content (AvgIpc) is 2.82. The van der Waals surface area contributed by atoms with E-state index in [0.717, 1.165) is 50.3 Å². The number of methoxy groups -OCH3 is 1. The van der Waals surface area contributed by atoms with Crippen LogP contribution < -0.4 is 4.74 Å². The van der Waals surface area contributed by atoms with Crippen molar-refractivity contribution >= 4 is 5.91 Å². The zero-order chi connectivity index (χ0) is 22.7. The predicted molar refractivity (Wildman–Crippen MR) is 124 cm³/mol. The van der Waals surface area contributed by atoms with Gasteiger partial charge < -0.3 is 14.5 Å². The molecule has 172 valence electrons. The second-order valence-electron chi connectivity index (χ2n) is 9.41. The highest BCUT2D eigenvalue weighted by Gasteiger charge is 2.44. The van der Waals surface area contributed by atoms with Gasteiger partial charge >= 0.3 is 0 Å². The predicted octanol–water partition coefficient (Wildman–Crippen LogP) is 3.60. The Bertz CT molecular complexity index is 908. The van der Waals surface area contributed by atoms with E-state index in [1.165, 1.54) is 17.7 Å². The summed E-state index contributed by atoms with van der Waals surface area (Å²) in [7, 11) is 5.91. The highest BCUT2D eigenvalue weighted by atomic mass is 19.1. The zero-order valence-electron chi connectivity index (χ0n) is 19.4. The van der Waals surface area contributed by atoms with Gasteiger partial charge in [0.2, 0.25) is 5.91 Å². The molecule has 0 bridgehead atoms. The van der Waals surface area contributed by atoms with Crippen LogP contribution in [0.15, 0.2) is 48.5 Å². The third-order valence-electron chi connectivity index (χ3n) is 7.29. The first-order valence-corrected chi connectivity index (χ1v) is 11.5. The van der Waals surface area contributed by atoms with Crippen molar-refractivity contribution in [3.63, 3.8) is 0 Å². The van der Waals surface area contributed by atoms with Gasteiger partial charge in [0.15, 0.2) is 0 Å². The van der Waals surface area contributed by atoms with Crippen molar-refractivity contribution in [3.8, 4) is 5.75 Å². The molecule has 2 fully saturated rings. The average molecular weight is 440 g/mol. The van der Waals surface area contributed by atoms with Crippen molar-refractivity contribution in [2.24, 2.45) is 5.41 Å². The molecule has 6 heteroatoms. The summed E-state index contributed by atoms with van der Waals surface area (Å²) in [6, 6.07) is 15.0. The maximum atomic E-state index is 14.0.